The average Bonchev–Trinajstić information content (AvgIpc) is 2.19. The second-order valence-electron chi connectivity index (χ2n) is 3.44. The molecule has 0 saturated carbocycles. The summed E-state index contributed by atoms with van der Waals surface area (Å²) in [7, 11) is 0. The van der Waals surface area contributed by atoms with Crippen LogP contribution in [-0.2, 0) is 6.42 Å². The van der Waals surface area contributed by atoms with E-state index in [2.05, 4.69) is 28.9 Å². The van der Waals surface area contributed by atoms with Gasteiger partial charge in [-0.2, -0.15) is 0 Å². The molecule has 1 aromatic carbocycles. The van der Waals surface area contributed by atoms with E-state index in [9.17, 15) is 4.39 Å². The number of rotatable bonds is 4. The summed E-state index contributed by atoms with van der Waals surface area (Å²) >= 11 is 9.30. The van der Waals surface area contributed by atoms with Gasteiger partial charge in [0.25, 0.3) is 0 Å². The highest BCUT2D eigenvalue weighted by Gasteiger charge is 2.02. The lowest BCUT2D eigenvalue weighted by molar-refractivity contribution is 0.627. The van der Waals surface area contributed by atoms with Crippen molar-refractivity contribution in [1.82, 2.24) is 0 Å². The maximum absolute atomic E-state index is 12.8. The minimum Gasteiger partial charge on any atom is -0.207 e. The van der Waals surface area contributed by atoms with Crippen LogP contribution in [0, 0.1) is 5.82 Å². The average molecular weight is 292 g/mol. The van der Waals surface area contributed by atoms with Crippen molar-refractivity contribution in [2.75, 3.05) is 5.33 Å². The second kappa shape index (κ2) is 6.29. The Hall–Kier alpha value is -0.340. The first-order valence-electron chi connectivity index (χ1n) is 4.79. The summed E-state index contributed by atoms with van der Waals surface area (Å²) in [6.07, 6.45) is 3.95. The molecule has 15 heavy (non-hydrogen) atoms. The molecule has 0 saturated heterocycles. The molecule has 0 spiro atoms. The maximum atomic E-state index is 12.8. The van der Waals surface area contributed by atoms with E-state index in [1.54, 1.807) is 6.07 Å². The fourth-order valence-corrected chi connectivity index (χ4v) is 1.80. The first-order chi connectivity index (χ1) is 7.13. The van der Waals surface area contributed by atoms with Gasteiger partial charge in [-0.15, -0.1) is 0 Å². The Labute approximate surface area is 103 Å². The highest BCUT2D eigenvalue weighted by Crippen LogP contribution is 2.20. The minimum absolute atomic E-state index is 0.286. The van der Waals surface area contributed by atoms with Crippen LogP contribution in [0.15, 0.2) is 29.8 Å². The number of alkyl halides is 1. The molecule has 0 heterocycles. The van der Waals surface area contributed by atoms with Gasteiger partial charge in [0.1, 0.15) is 5.82 Å². The van der Waals surface area contributed by atoms with E-state index in [4.69, 9.17) is 11.6 Å². The SMILES string of the molecule is CC(=CCCBr)Cc1ccc(F)cc1Cl. The number of benzene rings is 1. The third-order valence-corrected chi connectivity index (χ3v) is 2.90. The van der Waals surface area contributed by atoms with Crippen LogP contribution in [-0.4, -0.2) is 5.33 Å². The highest BCUT2D eigenvalue weighted by atomic mass is 79.9. The normalized spacial score (nSPS) is 11.9. The lowest BCUT2D eigenvalue weighted by Crippen LogP contribution is -1.89. The fourth-order valence-electron chi connectivity index (χ4n) is 1.34. The Bertz CT molecular complexity index is 361. The van der Waals surface area contributed by atoms with E-state index in [1.165, 1.54) is 17.7 Å². The van der Waals surface area contributed by atoms with Crippen LogP contribution in [0.4, 0.5) is 4.39 Å². The summed E-state index contributed by atoms with van der Waals surface area (Å²) in [4.78, 5) is 0. The standard InChI is InChI=1S/C12H13BrClF/c1-9(3-2-6-13)7-10-4-5-11(15)8-12(10)14/h3-5,8H,2,6-7H2,1H3. The summed E-state index contributed by atoms with van der Waals surface area (Å²) in [6.45, 7) is 2.06. The monoisotopic (exact) mass is 290 g/mol. The van der Waals surface area contributed by atoms with Gasteiger partial charge in [-0.05, 0) is 37.5 Å². The number of hydrogen-bond acceptors (Lipinski definition) is 0. The van der Waals surface area contributed by atoms with E-state index >= 15 is 0 Å². The van der Waals surface area contributed by atoms with Gasteiger partial charge in [-0.3, -0.25) is 0 Å². The molecule has 0 nitrogen and oxygen atoms in total. The quantitative estimate of drug-likeness (QED) is 0.554. The van der Waals surface area contributed by atoms with Crippen LogP contribution in [0.3, 0.4) is 0 Å². The predicted octanol–water partition coefficient (Wildman–Crippen LogP) is 4.75. The summed E-state index contributed by atoms with van der Waals surface area (Å²) in [5, 5.41) is 1.46. The summed E-state index contributed by atoms with van der Waals surface area (Å²) < 4.78 is 12.8. The largest absolute Gasteiger partial charge is 0.207 e. The van der Waals surface area contributed by atoms with Crippen molar-refractivity contribution in [3.63, 3.8) is 0 Å². The lowest BCUT2D eigenvalue weighted by atomic mass is 10.1. The molecule has 0 radical (unpaired) electrons. The molecule has 0 unspecified atom stereocenters. The molecule has 0 atom stereocenters. The molecular weight excluding hydrogens is 278 g/mol. The van der Waals surface area contributed by atoms with E-state index in [0.29, 0.717) is 5.02 Å². The molecule has 0 N–H and O–H groups in total. The Kier molecular flexibility index (Phi) is 5.34. The zero-order valence-corrected chi connectivity index (χ0v) is 10.9. The van der Waals surface area contributed by atoms with Crippen molar-refractivity contribution in [2.24, 2.45) is 0 Å². The van der Waals surface area contributed by atoms with E-state index in [0.717, 1.165) is 23.7 Å². The fraction of sp³-hybridized carbons (Fsp3) is 0.333. The molecule has 3 heteroatoms. The number of allylic oxidation sites excluding steroid dienone is 2. The molecule has 1 rings (SSSR count). The van der Waals surface area contributed by atoms with Crippen LogP contribution in [0.2, 0.25) is 5.02 Å². The van der Waals surface area contributed by atoms with E-state index in [1.807, 2.05) is 0 Å². The molecule has 0 aliphatic carbocycles. The van der Waals surface area contributed by atoms with Gasteiger partial charge in [0.2, 0.25) is 0 Å². The Morgan fingerprint density at radius 2 is 2.27 bits per heavy atom. The van der Waals surface area contributed by atoms with Gasteiger partial charge in [0.05, 0.1) is 0 Å². The molecule has 0 aromatic heterocycles. The van der Waals surface area contributed by atoms with Crippen molar-refractivity contribution in [3.05, 3.63) is 46.3 Å². The van der Waals surface area contributed by atoms with Gasteiger partial charge in [0.15, 0.2) is 0 Å². The summed E-state index contributed by atoms with van der Waals surface area (Å²) in [5.74, 6) is -0.286. The van der Waals surface area contributed by atoms with Crippen LogP contribution in [0.25, 0.3) is 0 Å². The smallest absolute Gasteiger partial charge is 0.124 e. The van der Waals surface area contributed by atoms with Crippen molar-refractivity contribution in [3.8, 4) is 0 Å². The first kappa shape index (κ1) is 12.7. The van der Waals surface area contributed by atoms with Crippen molar-refractivity contribution < 1.29 is 4.39 Å². The van der Waals surface area contributed by atoms with Gasteiger partial charge in [0, 0.05) is 10.4 Å². The zero-order valence-electron chi connectivity index (χ0n) is 8.56. The topological polar surface area (TPSA) is 0 Å². The predicted molar refractivity (Wildman–Crippen MR) is 67.3 cm³/mol. The molecule has 0 amide bonds. The summed E-state index contributed by atoms with van der Waals surface area (Å²) in [6, 6.07) is 4.54. The van der Waals surface area contributed by atoms with Crippen LogP contribution < -0.4 is 0 Å². The van der Waals surface area contributed by atoms with E-state index in [-0.39, 0.29) is 5.82 Å². The molecule has 1 aromatic rings. The minimum atomic E-state index is -0.286. The van der Waals surface area contributed by atoms with Crippen LogP contribution in [0.5, 0.6) is 0 Å². The number of hydrogen-bond donors (Lipinski definition) is 0. The number of halogens is 3. The van der Waals surface area contributed by atoms with Gasteiger partial charge in [-0.1, -0.05) is 45.2 Å². The van der Waals surface area contributed by atoms with Crippen LogP contribution >= 0.6 is 27.5 Å². The molecule has 82 valence electrons. The molecular formula is C12H13BrClF. The van der Waals surface area contributed by atoms with E-state index < -0.39 is 0 Å². The van der Waals surface area contributed by atoms with Gasteiger partial charge < -0.3 is 0 Å². The third kappa shape index (κ3) is 4.35. The first-order valence-corrected chi connectivity index (χ1v) is 6.29. The highest BCUT2D eigenvalue weighted by molar-refractivity contribution is 9.09. The molecule has 0 fully saturated rings. The molecule has 0 bridgehead atoms. The van der Waals surface area contributed by atoms with Crippen molar-refractivity contribution >= 4 is 27.5 Å². The summed E-state index contributed by atoms with van der Waals surface area (Å²) in [5.41, 5.74) is 2.23. The van der Waals surface area contributed by atoms with Gasteiger partial charge in [-0.25, -0.2) is 4.39 Å². The molecule has 0 aliphatic rings. The van der Waals surface area contributed by atoms with Crippen molar-refractivity contribution in [1.29, 1.82) is 0 Å². The third-order valence-electron chi connectivity index (χ3n) is 2.09. The lowest BCUT2D eigenvalue weighted by Gasteiger charge is -2.04. The van der Waals surface area contributed by atoms with Crippen molar-refractivity contribution in [2.45, 2.75) is 19.8 Å². The molecule has 0 aliphatic heterocycles. The Balaban J connectivity index is 2.72. The zero-order chi connectivity index (χ0) is 11.3. The Morgan fingerprint density at radius 3 is 2.87 bits per heavy atom. The second-order valence-corrected chi connectivity index (χ2v) is 4.64. The maximum Gasteiger partial charge on any atom is 0.124 e. The van der Waals surface area contributed by atoms with Gasteiger partial charge >= 0.3 is 0 Å². The Morgan fingerprint density at radius 1 is 1.53 bits per heavy atom. The van der Waals surface area contributed by atoms with Crippen LogP contribution in [0.1, 0.15) is 18.9 Å².